The van der Waals surface area contributed by atoms with Crippen molar-refractivity contribution in [1.29, 1.82) is 5.26 Å². The number of carboxylic acids is 1. The Balaban J connectivity index is 2.48. The van der Waals surface area contributed by atoms with E-state index in [1.165, 1.54) is 0 Å². The first-order valence-corrected chi connectivity index (χ1v) is 6.57. The quantitative estimate of drug-likeness (QED) is 0.793. The van der Waals surface area contributed by atoms with Gasteiger partial charge in [-0.2, -0.15) is 5.26 Å². The molecule has 0 saturated carbocycles. The van der Waals surface area contributed by atoms with Crippen LogP contribution in [0.2, 0.25) is 0 Å². The standard InChI is InChI=1S/C15H18N2O4/c1-10(2)7-13(15(19)20)17-14(18)9-21-12-5-3-11(8-16)4-6-12/h3-6,10,13H,7,9H2,1-2H3,(H,17,18)(H,19,20)/t13-/m1/s1. The van der Waals surface area contributed by atoms with Crippen LogP contribution in [0.5, 0.6) is 5.75 Å². The largest absolute Gasteiger partial charge is 0.484 e. The van der Waals surface area contributed by atoms with Gasteiger partial charge < -0.3 is 15.2 Å². The SMILES string of the molecule is CC(C)C[C@@H](NC(=O)COc1ccc(C#N)cc1)C(=O)O. The molecule has 0 bridgehead atoms. The second-order valence-corrected chi connectivity index (χ2v) is 5.01. The van der Waals surface area contributed by atoms with Crippen molar-refractivity contribution in [1.82, 2.24) is 5.32 Å². The summed E-state index contributed by atoms with van der Waals surface area (Å²) in [4.78, 5) is 22.7. The Morgan fingerprint density at radius 3 is 2.43 bits per heavy atom. The summed E-state index contributed by atoms with van der Waals surface area (Å²) in [5.74, 6) is -0.950. The van der Waals surface area contributed by atoms with Crippen molar-refractivity contribution < 1.29 is 19.4 Å². The predicted octanol–water partition coefficient (Wildman–Crippen LogP) is 1.55. The first-order chi connectivity index (χ1) is 9.92. The minimum absolute atomic E-state index is 0.158. The fraction of sp³-hybridized carbons (Fsp3) is 0.400. The van der Waals surface area contributed by atoms with Gasteiger partial charge in [-0.15, -0.1) is 0 Å². The van der Waals surface area contributed by atoms with Crippen molar-refractivity contribution in [3.8, 4) is 11.8 Å². The third kappa shape index (κ3) is 5.95. The van der Waals surface area contributed by atoms with Gasteiger partial charge in [0.1, 0.15) is 11.8 Å². The number of amides is 1. The summed E-state index contributed by atoms with van der Waals surface area (Å²) in [6, 6.07) is 7.37. The van der Waals surface area contributed by atoms with Gasteiger partial charge in [0.25, 0.3) is 5.91 Å². The topological polar surface area (TPSA) is 99.4 Å². The van der Waals surface area contributed by atoms with Gasteiger partial charge in [0, 0.05) is 0 Å². The van der Waals surface area contributed by atoms with Gasteiger partial charge in [0.15, 0.2) is 6.61 Å². The molecule has 1 rings (SSSR count). The molecule has 0 unspecified atom stereocenters. The van der Waals surface area contributed by atoms with Crippen LogP contribution in [0.1, 0.15) is 25.8 Å². The Morgan fingerprint density at radius 2 is 1.95 bits per heavy atom. The molecule has 0 spiro atoms. The fourth-order valence-electron chi connectivity index (χ4n) is 1.70. The molecule has 2 N–H and O–H groups in total. The van der Waals surface area contributed by atoms with Crippen LogP contribution in [0.3, 0.4) is 0 Å². The van der Waals surface area contributed by atoms with E-state index in [9.17, 15) is 9.59 Å². The van der Waals surface area contributed by atoms with E-state index >= 15 is 0 Å². The number of carbonyl (C=O) groups is 2. The highest BCUT2D eigenvalue weighted by Gasteiger charge is 2.21. The molecule has 0 saturated heterocycles. The summed E-state index contributed by atoms with van der Waals surface area (Å²) in [5.41, 5.74) is 0.495. The van der Waals surface area contributed by atoms with Crippen molar-refractivity contribution >= 4 is 11.9 Å². The number of hydrogen-bond donors (Lipinski definition) is 2. The molecule has 0 aromatic heterocycles. The third-order valence-electron chi connectivity index (χ3n) is 2.69. The van der Waals surface area contributed by atoms with Gasteiger partial charge in [-0.1, -0.05) is 13.8 Å². The van der Waals surface area contributed by atoms with E-state index in [-0.39, 0.29) is 12.5 Å². The van der Waals surface area contributed by atoms with Crippen molar-refractivity contribution in [3.63, 3.8) is 0 Å². The van der Waals surface area contributed by atoms with E-state index in [0.29, 0.717) is 17.7 Å². The van der Waals surface area contributed by atoms with Crippen LogP contribution in [-0.4, -0.2) is 29.6 Å². The number of nitrogens with zero attached hydrogens (tertiary/aromatic N) is 1. The second-order valence-electron chi connectivity index (χ2n) is 5.01. The van der Waals surface area contributed by atoms with Crippen LogP contribution in [0.4, 0.5) is 0 Å². The molecule has 1 amide bonds. The fourth-order valence-corrected chi connectivity index (χ4v) is 1.70. The molecule has 1 atom stereocenters. The van der Waals surface area contributed by atoms with E-state index in [2.05, 4.69) is 5.32 Å². The molecule has 0 aliphatic heterocycles. The lowest BCUT2D eigenvalue weighted by molar-refractivity contribution is -0.142. The lowest BCUT2D eigenvalue weighted by atomic mass is 10.0. The van der Waals surface area contributed by atoms with E-state index in [4.69, 9.17) is 15.1 Å². The summed E-state index contributed by atoms with van der Waals surface area (Å²) < 4.78 is 5.24. The Labute approximate surface area is 123 Å². The van der Waals surface area contributed by atoms with Crippen LogP contribution < -0.4 is 10.1 Å². The number of aliphatic carboxylic acids is 1. The average molecular weight is 290 g/mol. The molecular formula is C15H18N2O4. The molecular weight excluding hydrogens is 272 g/mol. The second kappa shape index (κ2) is 7.90. The molecule has 0 fully saturated rings. The van der Waals surface area contributed by atoms with Gasteiger partial charge in [-0.05, 0) is 36.6 Å². The Bertz CT molecular complexity index is 532. The highest BCUT2D eigenvalue weighted by molar-refractivity contribution is 5.84. The van der Waals surface area contributed by atoms with Crippen LogP contribution in [0.25, 0.3) is 0 Å². The summed E-state index contributed by atoms with van der Waals surface area (Å²) in [6.07, 6.45) is 0.359. The maximum atomic E-state index is 11.7. The number of nitrogens with one attached hydrogen (secondary N) is 1. The zero-order valence-electron chi connectivity index (χ0n) is 12.0. The highest BCUT2D eigenvalue weighted by atomic mass is 16.5. The van der Waals surface area contributed by atoms with E-state index < -0.39 is 17.9 Å². The number of hydrogen-bond acceptors (Lipinski definition) is 4. The van der Waals surface area contributed by atoms with Gasteiger partial charge in [-0.25, -0.2) is 4.79 Å². The molecule has 6 heteroatoms. The minimum Gasteiger partial charge on any atom is -0.484 e. The number of ether oxygens (including phenoxy) is 1. The monoisotopic (exact) mass is 290 g/mol. The third-order valence-corrected chi connectivity index (χ3v) is 2.69. The van der Waals surface area contributed by atoms with Gasteiger partial charge in [0.05, 0.1) is 11.6 Å². The van der Waals surface area contributed by atoms with E-state index in [0.717, 1.165) is 0 Å². The van der Waals surface area contributed by atoms with Crippen LogP contribution >= 0.6 is 0 Å². The Morgan fingerprint density at radius 1 is 1.33 bits per heavy atom. The zero-order chi connectivity index (χ0) is 15.8. The van der Waals surface area contributed by atoms with Gasteiger partial charge in [-0.3, -0.25) is 4.79 Å². The smallest absolute Gasteiger partial charge is 0.326 e. The average Bonchev–Trinajstić information content (AvgIpc) is 2.44. The van der Waals surface area contributed by atoms with Gasteiger partial charge >= 0.3 is 5.97 Å². The maximum absolute atomic E-state index is 11.7. The molecule has 1 aromatic rings. The number of nitriles is 1. The predicted molar refractivity (Wildman–Crippen MR) is 75.7 cm³/mol. The number of rotatable bonds is 7. The lowest BCUT2D eigenvalue weighted by Gasteiger charge is -2.16. The molecule has 0 radical (unpaired) electrons. The summed E-state index contributed by atoms with van der Waals surface area (Å²) >= 11 is 0. The van der Waals surface area contributed by atoms with Crippen molar-refractivity contribution in [2.75, 3.05) is 6.61 Å². The summed E-state index contributed by atoms with van der Waals surface area (Å²) in [7, 11) is 0. The number of carbonyl (C=O) groups excluding carboxylic acids is 1. The molecule has 0 aliphatic rings. The van der Waals surface area contributed by atoms with Crippen molar-refractivity contribution in [3.05, 3.63) is 29.8 Å². The van der Waals surface area contributed by atoms with Crippen molar-refractivity contribution in [2.24, 2.45) is 5.92 Å². The molecule has 6 nitrogen and oxygen atoms in total. The number of benzene rings is 1. The first-order valence-electron chi connectivity index (χ1n) is 6.57. The molecule has 112 valence electrons. The van der Waals surface area contributed by atoms with E-state index in [1.807, 2.05) is 19.9 Å². The molecule has 0 aliphatic carbocycles. The minimum atomic E-state index is -1.06. The number of carboxylic acid groups (broad SMARTS) is 1. The zero-order valence-corrected chi connectivity index (χ0v) is 12.0. The van der Waals surface area contributed by atoms with Crippen LogP contribution in [0.15, 0.2) is 24.3 Å². The summed E-state index contributed by atoms with van der Waals surface area (Å²) in [5, 5.41) is 20.1. The highest BCUT2D eigenvalue weighted by Crippen LogP contribution is 2.11. The normalized spacial score (nSPS) is 11.5. The maximum Gasteiger partial charge on any atom is 0.326 e. The lowest BCUT2D eigenvalue weighted by Crippen LogP contribution is -2.43. The first kappa shape index (κ1) is 16.5. The van der Waals surface area contributed by atoms with E-state index in [1.54, 1.807) is 24.3 Å². The van der Waals surface area contributed by atoms with Gasteiger partial charge in [0.2, 0.25) is 0 Å². The Kier molecular flexibility index (Phi) is 6.21. The van der Waals surface area contributed by atoms with Crippen LogP contribution in [0, 0.1) is 17.2 Å². The molecule has 21 heavy (non-hydrogen) atoms. The molecule has 0 heterocycles. The molecule has 1 aromatic carbocycles. The summed E-state index contributed by atoms with van der Waals surface area (Å²) in [6.45, 7) is 3.50. The Hall–Kier alpha value is -2.55. The van der Waals surface area contributed by atoms with Crippen molar-refractivity contribution in [2.45, 2.75) is 26.3 Å². The van der Waals surface area contributed by atoms with Crippen LogP contribution in [-0.2, 0) is 9.59 Å².